The zero-order chi connectivity index (χ0) is 12.9. The zero-order valence-corrected chi connectivity index (χ0v) is 12.6. The molecule has 2 nitrogen and oxygen atoms in total. The molecule has 0 aliphatic heterocycles. The lowest BCUT2D eigenvalue weighted by atomic mass is 9.83. The summed E-state index contributed by atoms with van der Waals surface area (Å²) in [5.41, 5.74) is 0.840. The van der Waals surface area contributed by atoms with Crippen molar-refractivity contribution in [2.75, 3.05) is 18.5 Å². The smallest absolute Gasteiger partial charge is 0.0638 e. The molecule has 96 valence electrons. The monoisotopic (exact) mass is 319 g/mol. The van der Waals surface area contributed by atoms with E-state index in [1.54, 1.807) is 0 Å². The molecule has 0 radical (unpaired) electrons. The summed E-state index contributed by atoms with van der Waals surface area (Å²) in [6, 6.07) is 5.72. The molecule has 0 bridgehead atoms. The van der Waals surface area contributed by atoms with Gasteiger partial charge in [0.1, 0.15) is 0 Å². The van der Waals surface area contributed by atoms with Crippen molar-refractivity contribution in [2.24, 2.45) is 5.41 Å². The molecule has 2 N–H and O–H groups in total. The van der Waals surface area contributed by atoms with Crippen molar-refractivity contribution in [1.82, 2.24) is 0 Å². The minimum atomic E-state index is -0.0638. The van der Waals surface area contributed by atoms with Crippen molar-refractivity contribution in [1.29, 1.82) is 0 Å². The van der Waals surface area contributed by atoms with E-state index in [1.807, 2.05) is 18.2 Å². The molecule has 0 atom stereocenters. The molecule has 1 aromatic rings. The topological polar surface area (TPSA) is 32.3 Å². The highest BCUT2D eigenvalue weighted by Crippen LogP contribution is 2.30. The van der Waals surface area contributed by atoms with Crippen LogP contribution < -0.4 is 5.32 Å². The Labute approximate surface area is 117 Å². The van der Waals surface area contributed by atoms with Crippen molar-refractivity contribution in [3.05, 3.63) is 27.7 Å². The normalized spacial score (nSPS) is 11.6. The molecular formula is C13H19BrClNO. The van der Waals surface area contributed by atoms with Crippen LogP contribution in [0, 0.1) is 5.41 Å². The summed E-state index contributed by atoms with van der Waals surface area (Å²) in [6.45, 7) is 5.12. The fourth-order valence-electron chi connectivity index (χ4n) is 1.70. The third-order valence-electron chi connectivity index (χ3n) is 3.42. The number of hydrogen-bond acceptors (Lipinski definition) is 2. The maximum atomic E-state index is 9.50. The van der Waals surface area contributed by atoms with Crippen LogP contribution in [-0.4, -0.2) is 18.3 Å². The van der Waals surface area contributed by atoms with E-state index in [2.05, 4.69) is 35.1 Å². The van der Waals surface area contributed by atoms with Gasteiger partial charge in [-0.1, -0.05) is 41.4 Å². The van der Waals surface area contributed by atoms with Gasteiger partial charge >= 0.3 is 0 Å². The molecule has 0 fully saturated rings. The fraction of sp³-hybridized carbons (Fsp3) is 0.538. The van der Waals surface area contributed by atoms with Gasteiger partial charge in [-0.3, -0.25) is 0 Å². The summed E-state index contributed by atoms with van der Waals surface area (Å²) in [6.07, 6.45) is 1.89. The number of hydrogen-bond donors (Lipinski definition) is 2. The summed E-state index contributed by atoms with van der Waals surface area (Å²) < 4.78 is 0.993. The average molecular weight is 321 g/mol. The molecule has 0 saturated carbocycles. The molecule has 1 aromatic carbocycles. The lowest BCUT2D eigenvalue weighted by Crippen LogP contribution is -2.32. The van der Waals surface area contributed by atoms with Crippen LogP contribution in [0.5, 0.6) is 0 Å². The Morgan fingerprint density at radius 2 is 2.00 bits per heavy atom. The number of aliphatic hydroxyl groups is 1. The molecule has 0 heterocycles. The number of benzene rings is 1. The van der Waals surface area contributed by atoms with E-state index in [-0.39, 0.29) is 12.0 Å². The number of nitrogens with one attached hydrogen (secondary N) is 1. The molecule has 0 aromatic heterocycles. The van der Waals surface area contributed by atoms with E-state index < -0.39 is 0 Å². The van der Waals surface area contributed by atoms with E-state index in [4.69, 9.17) is 11.6 Å². The standard InChI is InChI=1S/C13H19BrClNO/c1-3-13(4-2,9-17)8-16-12-7-10(14)5-6-11(12)15/h5-7,16-17H,3-4,8-9H2,1-2H3. The van der Waals surface area contributed by atoms with Gasteiger partial charge in [-0.15, -0.1) is 0 Å². The van der Waals surface area contributed by atoms with Crippen LogP contribution in [0.25, 0.3) is 0 Å². The van der Waals surface area contributed by atoms with Crippen LogP contribution in [0.2, 0.25) is 5.02 Å². The largest absolute Gasteiger partial charge is 0.396 e. The second-order valence-corrected chi connectivity index (χ2v) is 5.67. The molecule has 1 rings (SSSR count). The van der Waals surface area contributed by atoms with Crippen LogP contribution in [0.3, 0.4) is 0 Å². The van der Waals surface area contributed by atoms with Crippen LogP contribution in [0.1, 0.15) is 26.7 Å². The first-order valence-corrected chi connectivity index (χ1v) is 7.04. The summed E-state index contributed by atoms with van der Waals surface area (Å²) in [7, 11) is 0. The van der Waals surface area contributed by atoms with E-state index >= 15 is 0 Å². The highest BCUT2D eigenvalue weighted by molar-refractivity contribution is 9.10. The molecule has 0 aliphatic carbocycles. The third-order valence-corrected chi connectivity index (χ3v) is 4.24. The van der Waals surface area contributed by atoms with Gasteiger partial charge in [-0.05, 0) is 31.0 Å². The van der Waals surface area contributed by atoms with Gasteiger partial charge in [-0.2, -0.15) is 0 Å². The third kappa shape index (κ3) is 3.87. The van der Waals surface area contributed by atoms with Crippen LogP contribution in [0.15, 0.2) is 22.7 Å². The lowest BCUT2D eigenvalue weighted by molar-refractivity contribution is 0.127. The Hall–Kier alpha value is -0.250. The minimum Gasteiger partial charge on any atom is -0.396 e. The lowest BCUT2D eigenvalue weighted by Gasteiger charge is -2.30. The molecule has 0 aliphatic rings. The van der Waals surface area contributed by atoms with Crippen LogP contribution in [-0.2, 0) is 0 Å². The Bertz CT molecular complexity index is 358. The van der Waals surface area contributed by atoms with Gasteiger partial charge in [0.25, 0.3) is 0 Å². The van der Waals surface area contributed by atoms with Crippen molar-refractivity contribution < 1.29 is 5.11 Å². The Kier molecular flexibility index (Phi) is 5.77. The van der Waals surface area contributed by atoms with Gasteiger partial charge in [0.15, 0.2) is 0 Å². The molecule has 0 saturated heterocycles. The highest BCUT2D eigenvalue weighted by Gasteiger charge is 2.25. The quantitative estimate of drug-likeness (QED) is 0.818. The van der Waals surface area contributed by atoms with Crippen molar-refractivity contribution >= 4 is 33.2 Å². The number of anilines is 1. The molecule has 0 spiro atoms. The first-order valence-electron chi connectivity index (χ1n) is 5.86. The van der Waals surface area contributed by atoms with E-state index in [0.29, 0.717) is 5.02 Å². The summed E-state index contributed by atoms with van der Waals surface area (Å²) in [5.74, 6) is 0. The van der Waals surface area contributed by atoms with Crippen LogP contribution >= 0.6 is 27.5 Å². The van der Waals surface area contributed by atoms with Crippen molar-refractivity contribution in [2.45, 2.75) is 26.7 Å². The predicted molar refractivity (Wildman–Crippen MR) is 77.7 cm³/mol. The molecule has 0 unspecified atom stereocenters. The number of rotatable bonds is 6. The first-order chi connectivity index (χ1) is 8.06. The molecular weight excluding hydrogens is 302 g/mol. The van der Waals surface area contributed by atoms with Gasteiger partial charge in [0.2, 0.25) is 0 Å². The maximum absolute atomic E-state index is 9.50. The van der Waals surface area contributed by atoms with E-state index in [0.717, 1.165) is 29.5 Å². The highest BCUT2D eigenvalue weighted by atomic mass is 79.9. The summed E-state index contributed by atoms with van der Waals surface area (Å²) in [5, 5.41) is 13.5. The van der Waals surface area contributed by atoms with Crippen molar-refractivity contribution in [3.8, 4) is 0 Å². The fourth-order valence-corrected chi connectivity index (χ4v) is 2.24. The summed E-state index contributed by atoms with van der Waals surface area (Å²) >= 11 is 9.53. The first kappa shape index (κ1) is 14.8. The Morgan fingerprint density at radius 1 is 1.35 bits per heavy atom. The van der Waals surface area contributed by atoms with Gasteiger partial charge in [0, 0.05) is 16.4 Å². The Morgan fingerprint density at radius 3 is 2.53 bits per heavy atom. The van der Waals surface area contributed by atoms with Gasteiger partial charge < -0.3 is 10.4 Å². The average Bonchev–Trinajstić information content (AvgIpc) is 2.35. The zero-order valence-electron chi connectivity index (χ0n) is 10.3. The number of halogens is 2. The van der Waals surface area contributed by atoms with E-state index in [1.165, 1.54) is 0 Å². The second-order valence-electron chi connectivity index (χ2n) is 4.34. The predicted octanol–water partition coefficient (Wildman–Crippen LogP) is 4.31. The Balaban J connectivity index is 2.75. The number of aliphatic hydroxyl groups excluding tert-OH is 1. The van der Waals surface area contributed by atoms with Gasteiger partial charge in [0.05, 0.1) is 17.3 Å². The molecule has 4 heteroatoms. The van der Waals surface area contributed by atoms with E-state index in [9.17, 15) is 5.11 Å². The summed E-state index contributed by atoms with van der Waals surface area (Å²) in [4.78, 5) is 0. The van der Waals surface area contributed by atoms with Gasteiger partial charge in [-0.25, -0.2) is 0 Å². The minimum absolute atomic E-state index is 0.0638. The SMILES string of the molecule is CCC(CC)(CO)CNc1cc(Br)ccc1Cl. The van der Waals surface area contributed by atoms with Crippen LogP contribution in [0.4, 0.5) is 5.69 Å². The molecule has 0 amide bonds. The maximum Gasteiger partial charge on any atom is 0.0638 e. The van der Waals surface area contributed by atoms with Crippen molar-refractivity contribution in [3.63, 3.8) is 0 Å². The second kappa shape index (κ2) is 6.62. The molecule has 17 heavy (non-hydrogen) atoms.